The van der Waals surface area contributed by atoms with Gasteiger partial charge in [-0.1, -0.05) is 11.6 Å². The van der Waals surface area contributed by atoms with Crippen LogP contribution in [0, 0.1) is 0 Å². The largest absolute Gasteiger partial charge is 0.367 e. The fourth-order valence-electron chi connectivity index (χ4n) is 2.87. The zero-order valence-corrected chi connectivity index (χ0v) is 11.8. The summed E-state index contributed by atoms with van der Waals surface area (Å²) in [4.78, 5) is 6.87. The first-order chi connectivity index (χ1) is 9.90. The van der Waals surface area contributed by atoms with Crippen LogP contribution < -0.4 is 0 Å². The van der Waals surface area contributed by atoms with Crippen molar-refractivity contribution < 1.29 is 9.26 Å². The first-order valence-corrected chi connectivity index (χ1v) is 7.60. The number of piperidine rings is 1. The summed E-state index contributed by atoms with van der Waals surface area (Å²) in [7, 11) is 0. The van der Waals surface area contributed by atoms with Gasteiger partial charge in [0.05, 0.1) is 24.5 Å². The fraction of sp³-hybridized carbons (Fsp3) is 0.667. The molecule has 2 aromatic rings. The zero-order valence-electron chi connectivity index (χ0n) is 10.9. The molecule has 7 nitrogen and oxygen atoms in total. The molecule has 2 atom stereocenters. The topological polar surface area (TPSA) is 77.2 Å². The molecule has 0 aromatic carbocycles. The minimum atomic E-state index is -0.103. The maximum atomic E-state index is 5.90. The van der Waals surface area contributed by atoms with Crippen molar-refractivity contribution in [1.82, 2.24) is 23.8 Å². The Morgan fingerprint density at radius 2 is 2.35 bits per heavy atom. The molecule has 0 bridgehead atoms. The molecule has 0 radical (unpaired) electrons. The van der Waals surface area contributed by atoms with Crippen LogP contribution in [0.5, 0.6) is 0 Å². The van der Waals surface area contributed by atoms with Gasteiger partial charge in [0.15, 0.2) is 5.69 Å². The van der Waals surface area contributed by atoms with Gasteiger partial charge in [0, 0.05) is 12.6 Å². The molecule has 20 heavy (non-hydrogen) atoms. The maximum Gasteiger partial charge on any atom is 0.279 e. The minimum absolute atomic E-state index is 0.103. The molecule has 2 saturated heterocycles. The Hall–Kier alpha value is -1.38. The van der Waals surface area contributed by atoms with E-state index in [1.165, 1.54) is 19.3 Å². The van der Waals surface area contributed by atoms with Crippen molar-refractivity contribution in [2.24, 2.45) is 0 Å². The Morgan fingerprint density at radius 1 is 1.35 bits per heavy atom. The number of hydrogen-bond acceptors (Lipinski definition) is 8. The predicted octanol–water partition coefficient (Wildman–Crippen LogP) is 1.51. The van der Waals surface area contributed by atoms with Gasteiger partial charge >= 0.3 is 0 Å². The monoisotopic (exact) mass is 293 g/mol. The van der Waals surface area contributed by atoms with Crippen LogP contribution in [0.15, 0.2) is 10.7 Å². The normalized spacial score (nSPS) is 27.4. The van der Waals surface area contributed by atoms with Gasteiger partial charge < -0.3 is 9.26 Å². The van der Waals surface area contributed by atoms with Crippen molar-refractivity contribution in [3.05, 3.63) is 12.0 Å². The molecular weight excluding hydrogens is 278 g/mol. The molecule has 2 aromatic heterocycles. The lowest BCUT2D eigenvalue weighted by atomic mass is 10.0. The van der Waals surface area contributed by atoms with E-state index in [4.69, 9.17) is 9.26 Å². The van der Waals surface area contributed by atoms with Gasteiger partial charge in [0.25, 0.3) is 5.89 Å². The van der Waals surface area contributed by atoms with Gasteiger partial charge in [0.2, 0.25) is 5.82 Å². The van der Waals surface area contributed by atoms with Gasteiger partial charge in [-0.25, -0.2) is 0 Å². The van der Waals surface area contributed by atoms with E-state index in [-0.39, 0.29) is 6.10 Å². The number of morpholine rings is 1. The summed E-state index contributed by atoms with van der Waals surface area (Å²) in [5.74, 6) is 1.02. The van der Waals surface area contributed by atoms with E-state index in [9.17, 15) is 0 Å². The van der Waals surface area contributed by atoms with Crippen LogP contribution in [0.25, 0.3) is 11.6 Å². The summed E-state index contributed by atoms with van der Waals surface area (Å²) in [5, 5.41) is 4.03. The summed E-state index contributed by atoms with van der Waals surface area (Å²) in [6, 6.07) is 0.564. The van der Waals surface area contributed by atoms with Crippen LogP contribution in [0.3, 0.4) is 0 Å². The summed E-state index contributed by atoms with van der Waals surface area (Å²) < 4.78 is 19.2. The zero-order chi connectivity index (χ0) is 13.4. The maximum absolute atomic E-state index is 5.90. The van der Waals surface area contributed by atoms with Crippen molar-refractivity contribution in [3.8, 4) is 11.6 Å². The van der Waals surface area contributed by atoms with Crippen molar-refractivity contribution in [2.45, 2.75) is 31.4 Å². The Morgan fingerprint density at radius 3 is 3.25 bits per heavy atom. The SMILES string of the molecule is c1nsnc1-c1nc([C@H]2CN3CCCC[C@@H]3CO2)no1. The summed E-state index contributed by atoms with van der Waals surface area (Å²) in [6.45, 7) is 2.75. The molecule has 4 heterocycles. The summed E-state index contributed by atoms with van der Waals surface area (Å²) >= 11 is 1.13. The van der Waals surface area contributed by atoms with Gasteiger partial charge in [-0.2, -0.15) is 13.7 Å². The lowest BCUT2D eigenvalue weighted by Gasteiger charge is -2.41. The first kappa shape index (κ1) is 12.4. The third-order valence-corrected chi connectivity index (χ3v) is 4.43. The van der Waals surface area contributed by atoms with Crippen LogP contribution in [-0.2, 0) is 4.74 Å². The molecule has 106 valence electrons. The molecule has 0 amide bonds. The van der Waals surface area contributed by atoms with E-state index in [2.05, 4.69) is 23.8 Å². The first-order valence-electron chi connectivity index (χ1n) is 6.87. The van der Waals surface area contributed by atoms with Crippen molar-refractivity contribution in [3.63, 3.8) is 0 Å². The van der Waals surface area contributed by atoms with Crippen LogP contribution in [-0.4, -0.2) is 49.5 Å². The molecule has 0 unspecified atom stereocenters. The average Bonchev–Trinajstić information content (AvgIpc) is 3.17. The quantitative estimate of drug-likeness (QED) is 0.830. The third-order valence-electron chi connectivity index (χ3n) is 3.95. The number of hydrogen-bond donors (Lipinski definition) is 0. The van der Waals surface area contributed by atoms with Crippen LogP contribution in [0.4, 0.5) is 0 Å². The Labute approximate surface area is 120 Å². The Balaban J connectivity index is 1.50. The van der Waals surface area contributed by atoms with Crippen LogP contribution >= 0.6 is 11.7 Å². The molecule has 0 saturated carbocycles. The van der Waals surface area contributed by atoms with Gasteiger partial charge in [0.1, 0.15) is 6.10 Å². The summed E-state index contributed by atoms with van der Waals surface area (Å²) in [5.41, 5.74) is 0.625. The smallest absolute Gasteiger partial charge is 0.279 e. The summed E-state index contributed by atoms with van der Waals surface area (Å²) in [6.07, 6.45) is 5.33. The molecule has 2 fully saturated rings. The highest BCUT2D eigenvalue weighted by Gasteiger charge is 2.33. The molecule has 2 aliphatic heterocycles. The molecule has 0 aliphatic carbocycles. The predicted molar refractivity (Wildman–Crippen MR) is 71.1 cm³/mol. The highest BCUT2D eigenvalue weighted by molar-refractivity contribution is 6.99. The Kier molecular flexibility index (Phi) is 3.21. The molecule has 0 spiro atoms. The highest BCUT2D eigenvalue weighted by Crippen LogP contribution is 2.29. The third kappa shape index (κ3) is 2.23. The van der Waals surface area contributed by atoms with Crippen LogP contribution in [0.1, 0.15) is 31.2 Å². The lowest BCUT2D eigenvalue weighted by Crippen LogP contribution is -2.49. The standard InChI is InChI=1S/C12H15N5O2S/c1-2-4-17-6-10(18-7-8(17)3-1)11-14-12(19-15-11)9-5-13-20-16-9/h5,8,10H,1-4,6-7H2/t8-,10-/m1/s1. The second-order valence-corrected chi connectivity index (χ2v) is 5.77. The number of ether oxygens (including phenoxy) is 1. The number of nitrogens with zero attached hydrogens (tertiary/aromatic N) is 5. The van der Waals surface area contributed by atoms with E-state index in [1.54, 1.807) is 6.20 Å². The highest BCUT2D eigenvalue weighted by atomic mass is 32.1. The molecular formula is C12H15N5O2S. The lowest BCUT2D eigenvalue weighted by molar-refractivity contribution is -0.0805. The molecule has 2 aliphatic rings. The molecule has 4 rings (SSSR count). The second kappa shape index (κ2) is 5.19. The number of rotatable bonds is 2. The minimum Gasteiger partial charge on any atom is -0.367 e. The van der Waals surface area contributed by atoms with Crippen molar-refractivity contribution in [2.75, 3.05) is 19.7 Å². The Bertz CT molecular complexity index is 572. The second-order valence-electron chi connectivity index (χ2n) is 5.22. The van der Waals surface area contributed by atoms with Crippen LogP contribution in [0.2, 0.25) is 0 Å². The van der Waals surface area contributed by atoms with E-state index in [0.29, 0.717) is 23.5 Å². The van der Waals surface area contributed by atoms with Crippen molar-refractivity contribution in [1.29, 1.82) is 0 Å². The number of fused-ring (bicyclic) bond motifs is 1. The number of aromatic nitrogens is 4. The van der Waals surface area contributed by atoms with Crippen molar-refractivity contribution >= 4 is 11.7 Å². The average molecular weight is 293 g/mol. The van der Waals surface area contributed by atoms with Gasteiger partial charge in [-0.05, 0) is 19.4 Å². The van der Waals surface area contributed by atoms with Gasteiger partial charge in [-0.3, -0.25) is 4.90 Å². The van der Waals surface area contributed by atoms with E-state index in [1.807, 2.05) is 0 Å². The van der Waals surface area contributed by atoms with E-state index >= 15 is 0 Å². The van der Waals surface area contributed by atoms with E-state index in [0.717, 1.165) is 31.4 Å². The molecule has 0 N–H and O–H groups in total. The van der Waals surface area contributed by atoms with Gasteiger partial charge in [-0.15, -0.1) is 0 Å². The fourth-order valence-corrected chi connectivity index (χ4v) is 3.27. The van der Waals surface area contributed by atoms with E-state index < -0.39 is 0 Å². The molecule has 8 heteroatoms.